The molecule has 1 N–H and O–H groups in total. The minimum atomic E-state index is -0.0537. The smallest absolute Gasteiger partial charge is 0.251 e. The predicted octanol–water partition coefficient (Wildman–Crippen LogP) is 2.75. The van der Waals surface area contributed by atoms with Gasteiger partial charge in [0.1, 0.15) is 0 Å². The molecular formula is C13H13BrN2O. The van der Waals surface area contributed by atoms with E-state index in [9.17, 15) is 4.79 Å². The fraction of sp³-hybridized carbons (Fsp3) is 0.231. The Morgan fingerprint density at radius 2 is 2.29 bits per heavy atom. The lowest BCUT2D eigenvalue weighted by molar-refractivity contribution is 0.0954. The number of alkyl halides is 1. The number of fused-ring (bicyclic) bond motifs is 1. The molecule has 3 nitrogen and oxygen atoms in total. The SMILES string of the molecule is CC(Br)CNC(=O)c1ccc2ncccc2c1. The highest BCUT2D eigenvalue weighted by Crippen LogP contribution is 2.13. The number of pyridine rings is 1. The summed E-state index contributed by atoms with van der Waals surface area (Å²) in [6.45, 7) is 2.61. The van der Waals surface area contributed by atoms with Crippen LogP contribution >= 0.6 is 15.9 Å². The molecule has 1 amide bonds. The summed E-state index contributed by atoms with van der Waals surface area (Å²) in [7, 11) is 0. The zero-order chi connectivity index (χ0) is 12.3. The summed E-state index contributed by atoms with van der Waals surface area (Å²) >= 11 is 3.39. The van der Waals surface area contributed by atoms with Crippen LogP contribution in [-0.4, -0.2) is 22.3 Å². The van der Waals surface area contributed by atoms with E-state index in [-0.39, 0.29) is 10.7 Å². The molecule has 1 unspecified atom stereocenters. The van der Waals surface area contributed by atoms with Gasteiger partial charge in [-0.2, -0.15) is 0 Å². The second kappa shape index (κ2) is 5.27. The number of benzene rings is 1. The topological polar surface area (TPSA) is 42.0 Å². The molecule has 2 aromatic rings. The van der Waals surface area contributed by atoms with Crippen molar-refractivity contribution in [2.45, 2.75) is 11.8 Å². The largest absolute Gasteiger partial charge is 0.351 e. The summed E-state index contributed by atoms with van der Waals surface area (Å²) in [6.07, 6.45) is 1.74. The quantitative estimate of drug-likeness (QED) is 0.884. The Labute approximate surface area is 108 Å². The van der Waals surface area contributed by atoms with E-state index in [1.165, 1.54) is 0 Å². The van der Waals surface area contributed by atoms with E-state index in [1.807, 2.05) is 31.2 Å². The zero-order valence-electron chi connectivity index (χ0n) is 9.48. The van der Waals surface area contributed by atoms with Gasteiger partial charge in [0.25, 0.3) is 5.91 Å². The van der Waals surface area contributed by atoms with Crippen molar-refractivity contribution in [1.29, 1.82) is 0 Å². The number of hydrogen-bond acceptors (Lipinski definition) is 2. The Morgan fingerprint density at radius 3 is 3.06 bits per heavy atom. The molecule has 88 valence electrons. The minimum absolute atomic E-state index is 0.0537. The number of carbonyl (C=O) groups excluding carboxylic acids is 1. The normalized spacial score (nSPS) is 12.4. The fourth-order valence-electron chi connectivity index (χ4n) is 1.55. The molecule has 0 saturated carbocycles. The molecule has 4 heteroatoms. The maximum absolute atomic E-state index is 11.8. The highest BCUT2D eigenvalue weighted by molar-refractivity contribution is 9.09. The minimum Gasteiger partial charge on any atom is -0.351 e. The van der Waals surface area contributed by atoms with Gasteiger partial charge in [-0.15, -0.1) is 0 Å². The van der Waals surface area contributed by atoms with Crippen LogP contribution in [0.15, 0.2) is 36.5 Å². The van der Waals surface area contributed by atoms with Crippen molar-refractivity contribution in [2.24, 2.45) is 0 Å². The molecule has 17 heavy (non-hydrogen) atoms. The molecule has 0 aliphatic heterocycles. The van der Waals surface area contributed by atoms with Gasteiger partial charge in [0, 0.05) is 28.5 Å². The van der Waals surface area contributed by atoms with Crippen molar-refractivity contribution in [1.82, 2.24) is 10.3 Å². The van der Waals surface area contributed by atoms with E-state index in [0.29, 0.717) is 12.1 Å². The van der Waals surface area contributed by atoms with Gasteiger partial charge in [-0.3, -0.25) is 9.78 Å². The van der Waals surface area contributed by atoms with Crippen LogP contribution in [0.2, 0.25) is 0 Å². The van der Waals surface area contributed by atoms with E-state index < -0.39 is 0 Å². The van der Waals surface area contributed by atoms with Gasteiger partial charge in [-0.1, -0.05) is 28.9 Å². The highest BCUT2D eigenvalue weighted by Gasteiger charge is 2.07. The molecule has 0 spiro atoms. The lowest BCUT2D eigenvalue weighted by atomic mass is 10.1. The summed E-state index contributed by atoms with van der Waals surface area (Å²) in [5.74, 6) is -0.0537. The van der Waals surface area contributed by atoms with Crippen LogP contribution in [0.4, 0.5) is 0 Å². The van der Waals surface area contributed by atoms with Crippen LogP contribution in [-0.2, 0) is 0 Å². The molecule has 1 aromatic carbocycles. The fourth-order valence-corrected chi connectivity index (χ4v) is 1.71. The van der Waals surface area contributed by atoms with Crippen LogP contribution in [0.25, 0.3) is 10.9 Å². The Morgan fingerprint density at radius 1 is 1.47 bits per heavy atom. The monoisotopic (exact) mass is 292 g/mol. The maximum Gasteiger partial charge on any atom is 0.251 e. The first-order valence-electron chi connectivity index (χ1n) is 5.44. The molecule has 0 saturated heterocycles. The van der Waals surface area contributed by atoms with Gasteiger partial charge >= 0.3 is 0 Å². The van der Waals surface area contributed by atoms with Crippen molar-refractivity contribution in [3.63, 3.8) is 0 Å². The Hall–Kier alpha value is -1.42. The summed E-state index contributed by atoms with van der Waals surface area (Å²) in [4.78, 5) is 16.3. The van der Waals surface area contributed by atoms with Gasteiger partial charge in [0.2, 0.25) is 0 Å². The van der Waals surface area contributed by atoms with Gasteiger partial charge in [-0.05, 0) is 24.3 Å². The average Bonchev–Trinajstić information content (AvgIpc) is 2.35. The molecule has 1 heterocycles. The van der Waals surface area contributed by atoms with Gasteiger partial charge < -0.3 is 5.32 Å². The Bertz CT molecular complexity index is 540. The first kappa shape index (κ1) is 12.0. The molecule has 1 atom stereocenters. The summed E-state index contributed by atoms with van der Waals surface area (Å²) in [5, 5.41) is 3.84. The molecule has 0 radical (unpaired) electrons. The third-order valence-corrected chi connectivity index (χ3v) is 2.73. The molecular weight excluding hydrogens is 280 g/mol. The summed E-state index contributed by atoms with van der Waals surface area (Å²) < 4.78 is 0. The number of hydrogen-bond donors (Lipinski definition) is 1. The molecule has 0 bridgehead atoms. The van der Waals surface area contributed by atoms with E-state index >= 15 is 0 Å². The van der Waals surface area contributed by atoms with Crippen LogP contribution < -0.4 is 5.32 Å². The van der Waals surface area contributed by atoms with Crippen LogP contribution in [0, 0.1) is 0 Å². The van der Waals surface area contributed by atoms with Crippen LogP contribution in [0.3, 0.4) is 0 Å². The molecule has 1 aromatic heterocycles. The first-order chi connectivity index (χ1) is 8.16. The van der Waals surface area contributed by atoms with Crippen molar-refractivity contribution in [3.8, 4) is 0 Å². The van der Waals surface area contributed by atoms with Crippen molar-refractivity contribution >= 4 is 32.7 Å². The third-order valence-electron chi connectivity index (χ3n) is 2.41. The molecule has 0 aliphatic rings. The van der Waals surface area contributed by atoms with E-state index in [2.05, 4.69) is 26.2 Å². The second-order valence-electron chi connectivity index (χ2n) is 3.90. The van der Waals surface area contributed by atoms with Crippen molar-refractivity contribution < 1.29 is 4.79 Å². The van der Waals surface area contributed by atoms with Crippen molar-refractivity contribution in [2.75, 3.05) is 6.54 Å². The number of aromatic nitrogens is 1. The first-order valence-corrected chi connectivity index (χ1v) is 6.35. The van der Waals surface area contributed by atoms with Gasteiger partial charge in [0.05, 0.1) is 5.52 Å². The summed E-state index contributed by atoms with van der Waals surface area (Å²) in [5.41, 5.74) is 1.57. The molecule has 0 aliphatic carbocycles. The zero-order valence-corrected chi connectivity index (χ0v) is 11.1. The number of nitrogens with one attached hydrogen (secondary N) is 1. The predicted molar refractivity (Wildman–Crippen MR) is 72.5 cm³/mol. The van der Waals surface area contributed by atoms with Crippen LogP contribution in [0.5, 0.6) is 0 Å². The number of amides is 1. The number of carbonyl (C=O) groups is 1. The lowest BCUT2D eigenvalue weighted by Gasteiger charge is -2.07. The van der Waals surface area contributed by atoms with Gasteiger partial charge in [-0.25, -0.2) is 0 Å². The number of nitrogens with zero attached hydrogens (tertiary/aromatic N) is 1. The van der Waals surface area contributed by atoms with Crippen molar-refractivity contribution in [3.05, 3.63) is 42.1 Å². The van der Waals surface area contributed by atoms with E-state index in [0.717, 1.165) is 10.9 Å². The maximum atomic E-state index is 11.8. The van der Waals surface area contributed by atoms with Gasteiger partial charge in [0.15, 0.2) is 0 Å². The summed E-state index contributed by atoms with van der Waals surface area (Å²) in [6, 6.07) is 9.33. The Balaban J connectivity index is 2.21. The molecule has 0 fully saturated rings. The van der Waals surface area contributed by atoms with E-state index in [4.69, 9.17) is 0 Å². The lowest BCUT2D eigenvalue weighted by Crippen LogP contribution is -2.28. The Kier molecular flexibility index (Phi) is 3.74. The third kappa shape index (κ3) is 3.03. The highest BCUT2D eigenvalue weighted by atomic mass is 79.9. The number of halogens is 1. The standard InChI is InChI=1S/C13H13BrN2O/c1-9(14)8-16-13(17)11-4-5-12-10(7-11)3-2-6-15-12/h2-7,9H,8H2,1H3,(H,16,17). The molecule has 2 rings (SSSR count). The van der Waals surface area contributed by atoms with E-state index in [1.54, 1.807) is 12.3 Å². The number of rotatable bonds is 3. The second-order valence-corrected chi connectivity index (χ2v) is 5.46. The van der Waals surface area contributed by atoms with Crippen LogP contribution in [0.1, 0.15) is 17.3 Å². The average molecular weight is 293 g/mol.